The average molecular weight is 395 g/mol. The van der Waals surface area contributed by atoms with E-state index in [2.05, 4.69) is 15.7 Å². The molecule has 2 atom stereocenters. The second kappa shape index (κ2) is 10.2. The van der Waals surface area contributed by atoms with Crippen LogP contribution < -0.4 is 20.1 Å². The van der Waals surface area contributed by atoms with Crippen molar-refractivity contribution in [3.8, 4) is 11.5 Å². The van der Waals surface area contributed by atoms with Crippen molar-refractivity contribution < 1.29 is 14.3 Å². The fraction of sp³-hybridized carbons (Fsp3) is 0.474. The van der Waals surface area contributed by atoms with Crippen LogP contribution in [-0.2, 0) is 0 Å². The average Bonchev–Trinajstić information content (AvgIpc) is 3.18. The van der Waals surface area contributed by atoms with Gasteiger partial charge in [0.1, 0.15) is 23.3 Å². The first-order valence-electron chi connectivity index (χ1n) is 9.00. The molecule has 2 N–H and O–H groups in total. The number of halogens is 1. The Hall–Kier alpha value is -2.25. The van der Waals surface area contributed by atoms with Gasteiger partial charge in [0, 0.05) is 12.7 Å². The highest BCUT2D eigenvalue weighted by atomic mass is 35.5. The topological polar surface area (TPSA) is 77.4 Å². The second-order valence-corrected chi connectivity index (χ2v) is 6.50. The summed E-state index contributed by atoms with van der Waals surface area (Å²) in [6.45, 7) is 4.27. The van der Waals surface area contributed by atoms with Gasteiger partial charge in [-0.15, -0.1) is 12.4 Å². The van der Waals surface area contributed by atoms with E-state index < -0.39 is 0 Å². The monoisotopic (exact) mass is 394 g/mol. The molecule has 2 unspecified atom stereocenters. The predicted molar refractivity (Wildman–Crippen MR) is 106 cm³/mol. The molecule has 1 aliphatic heterocycles. The normalized spacial score (nSPS) is 17.5. The molecule has 148 valence electrons. The molecule has 1 aromatic heterocycles. The first kappa shape index (κ1) is 21.1. The first-order chi connectivity index (χ1) is 12.7. The molecule has 2 heterocycles. The number of piperidine rings is 1. The Labute approximate surface area is 165 Å². The van der Waals surface area contributed by atoms with Crippen LogP contribution in [0.5, 0.6) is 11.5 Å². The van der Waals surface area contributed by atoms with Crippen LogP contribution in [0, 0.1) is 0 Å². The van der Waals surface area contributed by atoms with Crippen LogP contribution in [0.2, 0.25) is 0 Å². The van der Waals surface area contributed by atoms with Crippen LogP contribution in [0.1, 0.15) is 36.3 Å². The SMILES string of the molecule is COc1ccc(OC(C)CNC(=O)c2ccn(C3CCCNC3)n2)cc1.Cl. The van der Waals surface area contributed by atoms with E-state index in [4.69, 9.17) is 9.47 Å². The smallest absolute Gasteiger partial charge is 0.271 e. The van der Waals surface area contributed by atoms with Crippen molar-refractivity contribution in [1.29, 1.82) is 0 Å². The Morgan fingerprint density at radius 3 is 2.74 bits per heavy atom. The molecule has 7 nitrogen and oxygen atoms in total. The molecule has 0 spiro atoms. The van der Waals surface area contributed by atoms with Gasteiger partial charge in [0.2, 0.25) is 0 Å². The maximum atomic E-state index is 12.3. The Morgan fingerprint density at radius 2 is 2.07 bits per heavy atom. The third kappa shape index (κ3) is 5.87. The van der Waals surface area contributed by atoms with Gasteiger partial charge in [-0.05, 0) is 56.6 Å². The highest BCUT2D eigenvalue weighted by molar-refractivity contribution is 5.92. The molecular formula is C19H27ClN4O3. The zero-order valence-corrected chi connectivity index (χ0v) is 16.5. The quantitative estimate of drug-likeness (QED) is 0.754. The van der Waals surface area contributed by atoms with Crippen LogP contribution in [0.3, 0.4) is 0 Å². The summed E-state index contributed by atoms with van der Waals surface area (Å²) in [5, 5.41) is 10.7. The lowest BCUT2D eigenvalue weighted by Crippen LogP contribution is -2.34. The minimum Gasteiger partial charge on any atom is -0.497 e. The maximum Gasteiger partial charge on any atom is 0.271 e. The van der Waals surface area contributed by atoms with E-state index in [0.717, 1.165) is 37.4 Å². The number of aromatic nitrogens is 2. The van der Waals surface area contributed by atoms with E-state index in [1.54, 1.807) is 13.2 Å². The first-order valence-corrected chi connectivity index (χ1v) is 9.00. The van der Waals surface area contributed by atoms with E-state index in [0.29, 0.717) is 18.3 Å². The molecule has 0 bridgehead atoms. The zero-order chi connectivity index (χ0) is 18.4. The van der Waals surface area contributed by atoms with Gasteiger partial charge >= 0.3 is 0 Å². The number of carbonyl (C=O) groups excluding carboxylic acids is 1. The van der Waals surface area contributed by atoms with Gasteiger partial charge in [-0.2, -0.15) is 5.10 Å². The van der Waals surface area contributed by atoms with E-state index in [1.807, 2.05) is 42.1 Å². The van der Waals surface area contributed by atoms with Crippen molar-refractivity contribution in [2.24, 2.45) is 0 Å². The van der Waals surface area contributed by atoms with Crippen LogP contribution in [0.25, 0.3) is 0 Å². The number of hydrogen-bond acceptors (Lipinski definition) is 5. The number of hydrogen-bond donors (Lipinski definition) is 2. The van der Waals surface area contributed by atoms with Gasteiger partial charge in [0.15, 0.2) is 0 Å². The van der Waals surface area contributed by atoms with Crippen LogP contribution in [0.4, 0.5) is 0 Å². The number of carbonyl (C=O) groups is 1. The molecule has 1 aliphatic rings. The number of methoxy groups -OCH3 is 1. The van der Waals surface area contributed by atoms with Crippen molar-refractivity contribution in [2.75, 3.05) is 26.7 Å². The van der Waals surface area contributed by atoms with Crippen LogP contribution in [0.15, 0.2) is 36.5 Å². The summed E-state index contributed by atoms with van der Waals surface area (Å²) in [5.41, 5.74) is 0.437. The highest BCUT2D eigenvalue weighted by Gasteiger charge is 2.18. The Morgan fingerprint density at radius 1 is 1.33 bits per heavy atom. The summed E-state index contributed by atoms with van der Waals surface area (Å²) < 4.78 is 12.8. The fourth-order valence-electron chi connectivity index (χ4n) is 2.98. The van der Waals surface area contributed by atoms with Gasteiger partial charge in [-0.3, -0.25) is 9.48 Å². The maximum absolute atomic E-state index is 12.3. The third-order valence-corrected chi connectivity index (χ3v) is 4.43. The summed E-state index contributed by atoms with van der Waals surface area (Å²) in [4.78, 5) is 12.3. The molecule has 0 aliphatic carbocycles. The van der Waals surface area contributed by atoms with Crippen molar-refractivity contribution in [3.05, 3.63) is 42.2 Å². The largest absolute Gasteiger partial charge is 0.497 e. The van der Waals surface area contributed by atoms with Crippen molar-refractivity contribution in [2.45, 2.75) is 31.9 Å². The van der Waals surface area contributed by atoms with Gasteiger partial charge in [0.25, 0.3) is 5.91 Å². The Balaban J connectivity index is 0.00000261. The van der Waals surface area contributed by atoms with Gasteiger partial charge < -0.3 is 20.1 Å². The number of nitrogens with zero attached hydrogens (tertiary/aromatic N) is 2. The summed E-state index contributed by atoms with van der Waals surface area (Å²) in [6.07, 6.45) is 3.94. The van der Waals surface area contributed by atoms with Gasteiger partial charge in [-0.1, -0.05) is 0 Å². The second-order valence-electron chi connectivity index (χ2n) is 6.50. The summed E-state index contributed by atoms with van der Waals surface area (Å²) >= 11 is 0. The van der Waals surface area contributed by atoms with Crippen molar-refractivity contribution in [3.63, 3.8) is 0 Å². The number of amides is 1. The highest BCUT2D eigenvalue weighted by Crippen LogP contribution is 2.18. The molecule has 0 radical (unpaired) electrons. The lowest BCUT2D eigenvalue weighted by molar-refractivity contribution is 0.0926. The van der Waals surface area contributed by atoms with Gasteiger partial charge in [0.05, 0.1) is 19.7 Å². The molecule has 3 rings (SSSR count). The molecule has 1 saturated heterocycles. The van der Waals surface area contributed by atoms with Crippen molar-refractivity contribution >= 4 is 18.3 Å². The molecule has 1 amide bonds. The van der Waals surface area contributed by atoms with Crippen LogP contribution >= 0.6 is 12.4 Å². The molecule has 27 heavy (non-hydrogen) atoms. The van der Waals surface area contributed by atoms with E-state index in [1.165, 1.54) is 0 Å². The molecule has 0 saturated carbocycles. The summed E-state index contributed by atoms with van der Waals surface area (Å²) in [5.74, 6) is 1.33. The number of rotatable bonds is 7. The molecule has 8 heteroatoms. The van der Waals surface area contributed by atoms with Gasteiger partial charge in [-0.25, -0.2) is 0 Å². The lowest BCUT2D eigenvalue weighted by atomic mass is 10.1. The fourth-order valence-corrected chi connectivity index (χ4v) is 2.98. The Bertz CT molecular complexity index is 714. The molecule has 1 aromatic carbocycles. The summed E-state index contributed by atoms with van der Waals surface area (Å²) in [6, 6.07) is 9.45. The molecule has 2 aromatic rings. The van der Waals surface area contributed by atoms with Crippen LogP contribution in [-0.4, -0.2) is 48.5 Å². The number of nitrogens with one attached hydrogen (secondary N) is 2. The van der Waals surface area contributed by atoms with E-state index in [9.17, 15) is 4.79 Å². The Kier molecular flexibility index (Phi) is 7.94. The van der Waals surface area contributed by atoms with Crippen molar-refractivity contribution in [1.82, 2.24) is 20.4 Å². The van der Waals surface area contributed by atoms with E-state index in [-0.39, 0.29) is 24.4 Å². The number of ether oxygens (including phenoxy) is 2. The molecular weight excluding hydrogens is 368 g/mol. The number of benzene rings is 1. The summed E-state index contributed by atoms with van der Waals surface area (Å²) in [7, 11) is 1.63. The lowest BCUT2D eigenvalue weighted by Gasteiger charge is -2.22. The zero-order valence-electron chi connectivity index (χ0n) is 15.7. The standard InChI is InChI=1S/C19H26N4O3.ClH/c1-14(26-17-7-5-16(25-2)6-8-17)12-21-19(24)18-9-11-23(22-18)15-4-3-10-20-13-15;/h5-9,11,14-15,20H,3-4,10,12-13H2,1-2H3,(H,21,24);1H. The minimum atomic E-state index is -0.183. The van der Waals surface area contributed by atoms with E-state index >= 15 is 0 Å². The third-order valence-electron chi connectivity index (χ3n) is 4.43. The predicted octanol–water partition coefficient (Wildman–Crippen LogP) is 2.44. The molecule has 1 fully saturated rings. The minimum absolute atomic E-state index is 0.